The highest BCUT2D eigenvalue weighted by Crippen LogP contribution is 2.22. The first kappa shape index (κ1) is 7.58. The lowest BCUT2D eigenvalue weighted by Crippen LogP contribution is -2.16. The predicted molar refractivity (Wildman–Crippen MR) is 36.7 cm³/mol. The fourth-order valence-corrected chi connectivity index (χ4v) is 1.91. The number of rotatable bonds is 0. The van der Waals surface area contributed by atoms with Crippen LogP contribution in [0.3, 0.4) is 0 Å². The largest absolute Gasteiger partial charge is 0.271 e. The maximum atomic E-state index is 10.8. The van der Waals surface area contributed by atoms with E-state index in [1.165, 1.54) is 0 Å². The van der Waals surface area contributed by atoms with Crippen LogP contribution in [0.4, 0.5) is 0 Å². The van der Waals surface area contributed by atoms with Gasteiger partial charge in [-0.25, -0.2) is 0 Å². The lowest BCUT2D eigenvalue weighted by Gasteiger charge is -2.00. The van der Waals surface area contributed by atoms with Crippen molar-refractivity contribution in [3.63, 3.8) is 0 Å². The van der Waals surface area contributed by atoms with E-state index in [0.29, 0.717) is 0 Å². The molecule has 2 unspecified atom stereocenters. The van der Waals surface area contributed by atoms with Crippen LogP contribution in [0, 0.1) is 18.3 Å². The zero-order valence-electron chi connectivity index (χ0n) is 5.57. The Morgan fingerprint density at radius 2 is 2.30 bits per heavy atom. The van der Waals surface area contributed by atoms with E-state index >= 15 is 0 Å². The Morgan fingerprint density at radius 1 is 1.70 bits per heavy atom. The molecule has 0 amide bonds. The van der Waals surface area contributed by atoms with Gasteiger partial charge in [0.1, 0.15) is 0 Å². The van der Waals surface area contributed by atoms with Crippen molar-refractivity contribution in [2.75, 3.05) is 6.61 Å². The number of hydrogen-bond donors (Lipinski definition) is 0. The molecule has 1 rings (SSSR count). The minimum atomic E-state index is -3.33. The van der Waals surface area contributed by atoms with Crippen LogP contribution in [-0.2, 0) is 14.3 Å². The third-order valence-electron chi connectivity index (χ3n) is 1.65. The maximum Gasteiger partial charge on any atom is 0.271 e. The van der Waals surface area contributed by atoms with Gasteiger partial charge in [0.05, 0.1) is 17.8 Å². The molecule has 1 fully saturated rings. The average molecular weight is 160 g/mol. The molecule has 4 heteroatoms. The second-order valence-corrected chi connectivity index (χ2v) is 4.22. The van der Waals surface area contributed by atoms with E-state index in [0.717, 1.165) is 0 Å². The summed E-state index contributed by atoms with van der Waals surface area (Å²) in [6.45, 7) is 1.70. The Morgan fingerprint density at radius 3 is 2.50 bits per heavy atom. The van der Waals surface area contributed by atoms with Crippen LogP contribution in [-0.4, -0.2) is 20.3 Å². The fraction of sp³-hybridized carbons (Fsp3) is 0.667. The van der Waals surface area contributed by atoms with Gasteiger partial charge in [0.2, 0.25) is 0 Å². The SMILES string of the molecule is C#CC1COS(=O)(=O)C1C. The molecule has 1 saturated heterocycles. The highest BCUT2D eigenvalue weighted by molar-refractivity contribution is 7.87. The zero-order valence-corrected chi connectivity index (χ0v) is 6.39. The molecule has 1 aliphatic heterocycles. The molecular weight excluding hydrogens is 152 g/mol. The quantitative estimate of drug-likeness (QED) is 0.369. The third-order valence-corrected chi connectivity index (χ3v) is 3.35. The lowest BCUT2D eigenvalue weighted by atomic mass is 10.1. The summed E-state index contributed by atoms with van der Waals surface area (Å²) in [4.78, 5) is 0. The van der Waals surface area contributed by atoms with Crippen LogP contribution in [0.2, 0.25) is 0 Å². The zero-order chi connectivity index (χ0) is 7.78. The Balaban J connectivity index is 2.90. The van der Waals surface area contributed by atoms with Crippen LogP contribution in [0.25, 0.3) is 0 Å². The Bertz CT molecular complexity index is 259. The average Bonchev–Trinajstić information content (AvgIpc) is 2.10. The minimum absolute atomic E-state index is 0.139. The molecule has 0 spiro atoms. The van der Waals surface area contributed by atoms with Gasteiger partial charge in [-0.15, -0.1) is 6.42 Å². The molecule has 0 aliphatic carbocycles. The summed E-state index contributed by atoms with van der Waals surface area (Å²) in [5.41, 5.74) is 0. The summed E-state index contributed by atoms with van der Waals surface area (Å²) < 4.78 is 26.1. The van der Waals surface area contributed by atoms with Gasteiger partial charge in [-0.2, -0.15) is 8.42 Å². The highest BCUT2D eigenvalue weighted by atomic mass is 32.2. The molecule has 0 aromatic rings. The molecular formula is C6H8O3S. The smallest absolute Gasteiger partial charge is 0.269 e. The van der Waals surface area contributed by atoms with Gasteiger partial charge < -0.3 is 0 Å². The van der Waals surface area contributed by atoms with E-state index < -0.39 is 15.4 Å². The first-order valence-corrected chi connectivity index (χ1v) is 4.39. The summed E-state index contributed by atoms with van der Waals surface area (Å²) in [6.07, 6.45) is 5.05. The van der Waals surface area contributed by atoms with Crippen LogP contribution in [0.15, 0.2) is 0 Å². The van der Waals surface area contributed by atoms with E-state index in [1.807, 2.05) is 0 Å². The van der Waals surface area contributed by atoms with Crippen molar-refractivity contribution in [1.29, 1.82) is 0 Å². The van der Waals surface area contributed by atoms with Crippen LogP contribution in [0.1, 0.15) is 6.92 Å². The molecule has 1 heterocycles. The molecule has 1 aliphatic rings. The lowest BCUT2D eigenvalue weighted by molar-refractivity contribution is 0.334. The van der Waals surface area contributed by atoms with Crippen molar-refractivity contribution >= 4 is 10.1 Å². The van der Waals surface area contributed by atoms with E-state index in [-0.39, 0.29) is 12.5 Å². The topological polar surface area (TPSA) is 43.4 Å². The standard InChI is InChI=1S/C6H8O3S/c1-3-6-4-9-10(7,8)5(6)2/h1,5-6H,4H2,2H3. The molecule has 0 radical (unpaired) electrons. The van der Waals surface area contributed by atoms with E-state index in [2.05, 4.69) is 10.1 Å². The van der Waals surface area contributed by atoms with Gasteiger partial charge in [0, 0.05) is 0 Å². The van der Waals surface area contributed by atoms with Crippen molar-refractivity contribution in [3.05, 3.63) is 0 Å². The summed E-state index contributed by atoms with van der Waals surface area (Å²) in [7, 11) is -3.33. The Hall–Kier alpha value is -0.530. The first-order chi connectivity index (χ1) is 4.58. The molecule has 0 aromatic heterocycles. The summed E-state index contributed by atoms with van der Waals surface area (Å²) in [6, 6.07) is 0. The van der Waals surface area contributed by atoms with Gasteiger partial charge in [-0.05, 0) is 6.92 Å². The first-order valence-electron chi connectivity index (χ1n) is 2.92. The minimum Gasteiger partial charge on any atom is -0.269 e. The predicted octanol–water partition coefficient (Wildman–Crippen LogP) is -0.0157. The molecule has 0 saturated carbocycles. The Kier molecular flexibility index (Phi) is 1.71. The molecule has 0 N–H and O–H groups in total. The molecule has 0 bridgehead atoms. The van der Waals surface area contributed by atoms with Gasteiger partial charge in [-0.3, -0.25) is 4.18 Å². The highest BCUT2D eigenvalue weighted by Gasteiger charge is 2.36. The van der Waals surface area contributed by atoms with Gasteiger partial charge in [-0.1, -0.05) is 5.92 Å². The molecule has 3 nitrogen and oxygen atoms in total. The van der Waals surface area contributed by atoms with Crippen molar-refractivity contribution in [3.8, 4) is 12.3 Å². The van der Waals surface area contributed by atoms with Gasteiger partial charge >= 0.3 is 0 Å². The molecule has 0 aromatic carbocycles. The second kappa shape index (κ2) is 2.26. The van der Waals surface area contributed by atoms with Crippen LogP contribution < -0.4 is 0 Å². The molecule has 56 valence electrons. The van der Waals surface area contributed by atoms with Crippen LogP contribution >= 0.6 is 0 Å². The Labute approximate surface area is 60.5 Å². The van der Waals surface area contributed by atoms with Crippen molar-refractivity contribution in [1.82, 2.24) is 0 Å². The third kappa shape index (κ3) is 1.02. The maximum absolute atomic E-state index is 10.8. The summed E-state index contributed by atoms with van der Waals surface area (Å²) >= 11 is 0. The van der Waals surface area contributed by atoms with Crippen molar-refractivity contribution < 1.29 is 12.6 Å². The second-order valence-electron chi connectivity index (χ2n) is 2.26. The van der Waals surface area contributed by atoms with Crippen LogP contribution in [0.5, 0.6) is 0 Å². The molecule has 2 atom stereocenters. The molecule has 10 heavy (non-hydrogen) atoms. The number of terminal acetylenes is 1. The summed E-state index contributed by atoms with van der Waals surface area (Å²) in [5.74, 6) is 2.09. The van der Waals surface area contributed by atoms with Gasteiger partial charge in [0.25, 0.3) is 10.1 Å². The van der Waals surface area contributed by atoms with E-state index in [9.17, 15) is 8.42 Å². The normalized spacial score (nSPS) is 37.2. The van der Waals surface area contributed by atoms with E-state index in [4.69, 9.17) is 6.42 Å². The fourth-order valence-electron chi connectivity index (χ4n) is 0.796. The van der Waals surface area contributed by atoms with E-state index in [1.54, 1.807) is 6.92 Å². The van der Waals surface area contributed by atoms with Crippen molar-refractivity contribution in [2.24, 2.45) is 5.92 Å². The monoisotopic (exact) mass is 160 g/mol. The number of hydrogen-bond acceptors (Lipinski definition) is 3. The summed E-state index contributed by atoms with van der Waals surface area (Å²) in [5, 5.41) is -0.544. The van der Waals surface area contributed by atoms with Gasteiger partial charge in [0.15, 0.2) is 0 Å². The van der Waals surface area contributed by atoms with Crippen molar-refractivity contribution in [2.45, 2.75) is 12.2 Å².